The summed E-state index contributed by atoms with van der Waals surface area (Å²) in [6.45, 7) is 2.24. The van der Waals surface area contributed by atoms with Gasteiger partial charge in [0.25, 0.3) is 5.69 Å². The van der Waals surface area contributed by atoms with Gasteiger partial charge in [0.15, 0.2) is 5.65 Å². The summed E-state index contributed by atoms with van der Waals surface area (Å²) in [5, 5.41) is 21.4. The van der Waals surface area contributed by atoms with Gasteiger partial charge in [-0.2, -0.15) is 4.98 Å². The van der Waals surface area contributed by atoms with Gasteiger partial charge in [0, 0.05) is 50.7 Å². The Labute approximate surface area is 174 Å². The third kappa shape index (κ3) is 4.03. The maximum Gasteiger partial charge on any atom is 0.348 e. The Morgan fingerprint density at radius 1 is 1.13 bits per heavy atom. The molecule has 3 heterocycles. The number of nitro benzene ring substituents is 1. The first-order valence-electron chi connectivity index (χ1n) is 9.22. The van der Waals surface area contributed by atoms with Crippen LogP contribution in [0.1, 0.15) is 10.4 Å². The predicted molar refractivity (Wildman–Crippen MR) is 107 cm³/mol. The average molecular weight is 424 g/mol. The Morgan fingerprint density at radius 2 is 1.84 bits per heavy atom. The molecule has 1 saturated heterocycles. The van der Waals surface area contributed by atoms with Gasteiger partial charge in [-0.3, -0.25) is 14.9 Å². The van der Waals surface area contributed by atoms with E-state index >= 15 is 0 Å². The number of nitro groups is 1. The monoisotopic (exact) mass is 424 g/mol. The van der Waals surface area contributed by atoms with E-state index < -0.39 is 10.9 Å². The molecule has 0 saturated carbocycles. The number of non-ortho nitro benzene ring substituents is 1. The molecule has 1 aliphatic rings. The van der Waals surface area contributed by atoms with E-state index in [1.807, 2.05) is 4.90 Å². The number of rotatable bonds is 5. The summed E-state index contributed by atoms with van der Waals surface area (Å²) in [4.78, 5) is 49.7. The number of amides is 1. The van der Waals surface area contributed by atoms with Gasteiger partial charge in [-0.15, -0.1) is 0 Å². The number of aromatic nitrogens is 3. The van der Waals surface area contributed by atoms with E-state index in [-0.39, 0.29) is 33.8 Å². The van der Waals surface area contributed by atoms with Gasteiger partial charge in [0.2, 0.25) is 12.4 Å². The van der Waals surface area contributed by atoms with Gasteiger partial charge >= 0.3 is 5.97 Å². The largest absolute Gasteiger partial charge is 0.506 e. The zero-order chi connectivity index (χ0) is 22.0. The quantitative estimate of drug-likeness (QED) is 0.207. The second-order valence-corrected chi connectivity index (χ2v) is 6.70. The van der Waals surface area contributed by atoms with Crippen molar-refractivity contribution in [2.45, 2.75) is 0 Å². The van der Waals surface area contributed by atoms with Crippen LogP contribution in [0.15, 0.2) is 36.7 Å². The van der Waals surface area contributed by atoms with Crippen LogP contribution >= 0.6 is 0 Å². The summed E-state index contributed by atoms with van der Waals surface area (Å²) in [6.07, 6.45) is 3.32. The maximum atomic E-state index is 12.4. The number of nitrogens with zero attached hydrogens (tertiary/aromatic N) is 6. The topological polar surface area (TPSA) is 152 Å². The van der Waals surface area contributed by atoms with Gasteiger partial charge in [-0.05, 0) is 12.1 Å². The van der Waals surface area contributed by atoms with Crippen molar-refractivity contribution in [1.82, 2.24) is 19.9 Å². The molecule has 31 heavy (non-hydrogen) atoms. The summed E-state index contributed by atoms with van der Waals surface area (Å²) in [6, 6.07) is 4.96. The molecule has 1 N–H and O–H groups in total. The van der Waals surface area contributed by atoms with Gasteiger partial charge < -0.3 is 19.6 Å². The highest BCUT2D eigenvalue weighted by atomic mass is 16.6. The molecule has 1 fully saturated rings. The van der Waals surface area contributed by atoms with Crippen molar-refractivity contribution < 1.29 is 24.4 Å². The molecule has 0 spiro atoms. The first-order valence-corrected chi connectivity index (χ1v) is 9.22. The van der Waals surface area contributed by atoms with E-state index in [1.54, 1.807) is 4.90 Å². The summed E-state index contributed by atoms with van der Waals surface area (Å²) >= 11 is 0. The molecule has 1 amide bonds. The lowest BCUT2D eigenvalue weighted by molar-refractivity contribution is -0.384. The van der Waals surface area contributed by atoms with Crippen LogP contribution in [0.5, 0.6) is 11.5 Å². The summed E-state index contributed by atoms with van der Waals surface area (Å²) in [5.41, 5.74) is -0.135. The van der Waals surface area contributed by atoms with Gasteiger partial charge in [0.05, 0.1) is 10.3 Å². The molecule has 12 heteroatoms. The molecule has 0 atom stereocenters. The van der Waals surface area contributed by atoms with Crippen molar-refractivity contribution in [2.75, 3.05) is 31.1 Å². The van der Waals surface area contributed by atoms with Crippen molar-refractivity contribution in [3.8, 4) is 11.5 Å². The normalized spacial score (nSPS) is 13.8. The molecule has 12 nitrogen and oxygen atoms in total. The van der Waals surface area contributed by atoms with Crippen molar-refractivity contribution in [3.05, 3.63) is 52.3 Å². The average Bonchev–Trinajstić information content (AvgIpc) is 2.79. The van der Waals surface area contributed by atoms with Crippen molar-refractivity contribution in [1.29, 1.82) is 0 Å². The number of ether oxygens (including phenoxy) is 1. The van der Waals surface area contributed by atoms with Crippen LogP contribution < -0.4 is 9.64 Å². The Kier molecular flexibility index (Phi) is 5.26. The lowest BCUT2D eigenvalue weighted by Crippen LogP contribution is -2.46. The van der Waals surface area contributed by atoms with Crippen LogP contribution in [0.2, 0.25) is 0 Å². The fourth-order valence-corrected chi connectivity index (χ4v) is 3.09. The van der Waals surface area contributed by atoms with Crippen LogP contribution in [-0.2, 0) is 4.79 Å². The highest BCUT2D eigenvalue weighted by Crippen LogP contribution is 2.28. The number of carbonyl (C=O) groups excluding carboxylic acids is 2. The summed E-state index contributed by atoms with van der Waals surface area (Å²) < 4.78 is 5.16. The van der Waals surface area contributed by atoms with Crippen LogP contribution in [0, 0.1) is 10.1 Å². The van der Waals surface area contributed by atoms with Crippen LogP contribution in [0.3, 0.4) is 0 Å². The number of hydrogen-bond acceptors (Lipinski definition) is 10. The van der Waals surface area contributed by atoms with Gasteiger partial charge in [-0.1, -0.05) is 0 Å². The highest BCUT2D eigenvalue weighted by Gasteiger charge is 2.21. The number of fused-ring (bicyclic) bond motifs is 1. The number of anilines is 1. The molecular formula is C19H16N6O6. The third-order valence-corrected chi connectivity index (χ3v) is 4.81. The number of esters is 1. The molecule has 4 rings (SSSR count). The molecular weight excluding hydrogens is 408 g/mol. The molecule has 1 aromatic carbocycles. The van der Waals surface area contributed by atoms with Crippen molar-refractivity contribution >= 4 is 35.0 Å². The smallest absolute Gasteiger partial charge is 0.348 e. The summed E-state index contributed by atoms with van der Waals surface area (Å²) in [5.74, 6) is -0.772. The molecule has 0 bridgehead atoms. The van der Waals surface area contributed by atoms with Crippen molar-refractivity contribution in [2.24, 2.45) is 0 Å². The van der Waals surface area contributed by atoms with E-state index in [0.29, 0.717) is 32.1 Å². The van der Waals surface area contributed by atoms with Gasteiger partial charge in [-0.25, -0.2) is 14.8 Å². The molecule has 0 unspecified atom stereocenters. The highest BCUT2D eigenvalue weighted by molar-refractivity contribution is 5.99. The molecule has 158 valence electrons. The second kappa shape index (κ2) is 8.18. The fourth-order valence-electron chi connectivity index (χ4n) is 3.09. The van der Waals surface area contributed by atoms with Crippen LogP contribution in [-0.4, -0.2) is 68.4 Å². The van der Waals surface area contributed by atoms with E-state index in [4.69, 9.17) is 4.74 Å². The SMILES string of the molecule is O=CN1CCN(c2ncc3c(O)c(C(=O)Oc4ccc([N+](=O)[O-])cc4)cnc3n2)CC1. The summed E-state index contributed by atoms with van der Waals surface area (Å²) in [7, 11) is 0. The van der Waals surface area contributed by atoms with Crippen LogP contribution in [0.25, 0.3) is 11.0 Å². The molecule has 0 radical (unpaired) electrons. The molecule has 1 aliphatic heterocycles. The zero-order valence-corrected chi connectivity index (χ0v) is 16.0. The van der Waals surface area contributed by atoms with E-state index in [9.17, 15) is 24.8 Å². The molecule has 3 aromatic rings. The number of carbonyl (C=O) groups is 2. The molecule has 2 aromatic heterocycles. The van der Waals surface area contributed by atoms with Crippen molar-refractivity contribution in [3.63, 3.8) is 0 Å². The number of pyridine rings is 1. The Bertz CT molecular complexity index is 1160. The zero-order valence-electron chi connectivity index (χ0n) is 16.0. The standard InChI is InChI=1S/C19H16N6O6/c26-11-23-5-7-24(8-6-23)19-21-9-14-16(27)15(10-20-17(14)22-19)18(28)31-13-3-1-12(2-4-13)25(29)30/h1-4,9-11H,5-8H2,(H,20,21,22,27). The lowest BCUT2D eigenvalue weighted by Gasteiger charge is -2.32. The lowest BCUT2D eigenvalue weighted by atomic mass is 10.2. The minimum absolute atomic E-state index is 0.0798. The third-order valence-electron chi connectivity index (χ3n) is 4.81. The van der Waals surface area contributed by atoms with E-state index in [0.717, 1.165) is 12.6 Å². The first kappa shape index (κ1) is 19.9. The fraction of sp³-hybridized carbons (Fsp3) is 0.211. The Hall–Kier alpha value is -4.35. The van der Waals surface area contributed by atoms with Crippen LogP contribution in [0.4, 0.5) is 11.6 Å². The Balaban J connectivity index is 1.54. The molecule has 0 aliphatic carbocycles. The predicted octanol–water partition coefficient (Wildman–Crippen LogP) is 1.14. The first-order chi connectivity index (χ1) is 15.0. The maximum absolute atomic E-state index is 12.4. The number of hydrogen-bond donors (Lipinski definition) is 1. The minimum atomic E-state index is -0.880. The Morgan fingerprint density at radius 3 is 2.48 bits per heavy atom. The van der Waals surface area contributed by atoms with Gasteiger partial charge in [0.1, 0.15) is 17.1 Å². The van der Waals surface area contributed by atoms with E-state index in [2.05, 4.69) is 15.0 Å². The number of aromatic hydroxyl groups is 1. The van der Waals surface area contributed by atoms with E-state index in [1.165, 1.54) is 30.5 Å². The minimum Gasteiger partial charge on any atom is -0.506 e. The number of piperazine rings is 1. The number of benzene rings is 1. The second-order valence-electron chi connectivity index (χ2n) is 6.70.